The van der Waals surface area contributed by atoms with Crippen molar-refractivity contribution in [3.8, 4) is 11.3 Å². The van der Waals surface area contributed by atoms with Crippen molar-refractivity contribution in [3.63, 3.8) is 0 Å². The van der Waals surface area contributed by atoms with Crippen LogP contribution in [0.5, 0.6) is 0 Å². The van der Waals surface area contributed by atoms with Crippen LogP contribution in [0, 0.1) is 0 Å². The Morgan fingerprint density at radius 2 is 2.10 bits per heavy atom. The van der Waals surface area contributed by atoms with Gasteiger partial charge in [0, 0.05) is 55.1 Å². The standard InChI is InChI=1S/C22H27Cl2N5OS/c1-3-9-28(31(2)30)10-8-25-12-20-22(17-7-6-16(23)11-18(17)24)27-21-13-26-19(14-29(20)21)15-4-5-15/h6-7,11,13-15,25H,3-5,8-10,12H2,1-2H3. The van der Waals surface area contributed by atoms with E-state index in [1.54, 1.807) is 12.3 Å². The number of benzene rings is 1. The first-order valence-corrected chi connectivity index (χ1v) is 12.9. The maximum absolute atomic E-state index is 11.9. The molecule has 2 aromatic heterocycles. The molecule has 3 aromatic rings. The molecule has 6 nitrogen and oxygen atoms in total. The molecule has 1 aromatic carbocycles. The van der Waals surface area contributed by atoms with E-state index in [1.807, 2.05) is 22.6 Å². The van der Waals surface area contributed by atoms with Crippen molar-refractivity contribution in [1.29, 1.82) is 0 Å². The van der Waals surface area contributed by atoms with Crippen LogP contribution in [0.1, 0.15) is 43.5 Å². The number of halogens is 2. The van der Waals surface area contributed by atoms with Gasteiger partial charge in [0.1, 0.15) is 0 Å². The Morgan fingerprint density at radius 1 is 1.29 bits per heavy atom. The number of rotatable bonds is 10. The normalized spacial score (nSPS) is 15.1. The van der Waals surface area contributed by atoms with Gasteiger partial charge in [-0.3, -0.25) is 9.38 Å². The van der Waals surface area contributed by atoms with E-state index >= 15 is 0 Å². The van der Waals surface area contributed by atoms with Crippen molar-refractivity contribution in [2.75, 3.05) is 25.9 Å². The molecule has 31 heavy (non-hydrogen) atoms. The second kappa shape index (κ2) is 9.96. The molecule has 0 aliphatic heterocycles. The van der Waals surface area contributed by atoms with Gasteiger partial charge in [-0.05, 0) is 37.5 Å². The Bertz CT molecular complexity index is 1100. The summed E-state index contributed by atoms with van der Waals surface area (Å²) in [6.07, 6.45) is 9.04. The highest BCUT2D eigenvalue weighted by Crippen LogP contribution is 2.39. The second-order valence-corrected chi connectivity index (χ2v) is 10.1. The van der Waals surface area contributed by atoms with Crippen LogP contribution >= 0.6 is 23.2 Å². The average Bonchev–Trinajstić information content (AvgIpc) is 3.52. The van der Waals surface area contributed by atoms with Gasteiger partial charge in [-0.25, -0.2) is 13.5 Å². The van der Waals surface area contributed by atoms with Gasteiger partial charge in [0.15, 0.2) is 5.65 Å². The molecule has 166 valence electrons. The lowest BCUT2D eigenvalue weighted by molar-refractivity contribution is 0.434. The molecule has 1 atom stereocenters. The zero-order valence-corrected chi connectivity index (χ0v) is 20.1. The molecule has 4 rings (SSSR count). The van der Waals surface area contributed by atoms with Gasteiger partial charge >= 0.3 is 0 Å². The second-order valence-electron chi connectivity index (χ2n) is 7.88. The third-order valence-electron chi connectivity index (χ3n) is 5.48. The molecular formula is C22H27Cl2N5OS. The number of hydrogen-bond donors (Lipinski definition) is 1. The van der Waals surface area contributed by atoms with Gasteiger partial charge in [-0.15, -0.1) is 0 Å². The highest BCUT2D eigenvalue weighted by atomic mass is 35.5. The van der Waals surface area contributed by atoms with Crippen molar-refractivity contribution < 1.29 is 4.21 Å². The molecular weight excluding hydrogens is 453 g/mol. The molecule has 0 saturated heterocycles. The Labute approximate surface area is 195 Å². The lowest BCUT2D eigenvalue weighted by atomic mass is 10.1. The first-order valence-electron chi connectivity index (χ1n) is 10.6. The summed E-state index contributed by atoms with van der Waals surface area (Å²) in [6.45, 7) is 4.97. The highest BCUT2D eigenvalue weighted by Gasteiger charge is 2.26. The fraction of sp³-hybridized carbons (Fsp3) is 0.455. The van der Waals surface area contributed by atoms with Gasteiger partial charge in [0.25, 0.3) is 0 Å². The summed E-state index contributed by atoms with van der Waals surface area (Å²) in [7, 11) is -0.969. The maximum Gasteiger partial charge on any atom is 0.156 e. The molecule has 1 aliphatic rings. The van der Waals surface area contributed by atoms with Crippen molar-refractivity contribution >= 4 is 39.8 Å². The van der Waals surface area contributed by atoms with Crippen LogP contribution in [0.4, 0.5) is 0 Å². The Morgan fingerprint density at radius 3 is 2.77 bits per heavy atom. The van der Waals surface area contributed by atoms with Crippen molar-refractivity contribution in [3.05, 3.63) is 52.0 Å². The summed E-state index contributed by atoms with van der Waals surface area (Å²) in [5, 5.41) is 4.67. The van der Waals surface area contributed by atoms with Crippen molar-refractivity contribution in [2.45, 2.75) is 38.6 Å². The maximum atomic E-state index is 11.9. The molecule has 9 heteroatoms. The van der Waals surface area contributed by atoms with Gasteiger partial charge in [0.2, 0.25) is 0 Å². The molecule has 2 heterocycles. The van der Waals surface area contributed by atoms with Crippen LogP contribution in [0.25, 0.3) is 16.9 Å². The summed E-state index contributed by atoms with van der Waals surface area (Å²) in [6, 6.07) is 5.48. The van der Waals surface area contributed by atoms with Gasteiger partial charge in [-0.2, -0.15) is 0 Å². The third-order valence-corrected chi connectivity index (χ3v) is 7.12. The van der Waals surface area contributed by atoms with E-state index in [4.69, 9.17) is 28.2 Å². The Hall–Kier alpha value is -1.51. The predicted molar refractivity (Wildman–Crippen MR) is 128 cm³/mol. The first kappa shape index (κ1) is 22.7. The van der Waals surface area contributed by atoms with Gasteiger partial charge < -0.3 is 5.32 Å². The first-order chi connectivity index (χ1) is 15.0. The minimum atomic E-state index is -0.969. The number of aromatic nitrogens is 3. The zero-order valence-electron chi connectivity index (χ0n) is 17.8. The number of hydrogen-bond acceptors (Lipinski definition) is 4. The van der Waals surface area contributed by atoms with Crippen molar-refractivity contribution in [1.82, 2.24) is 24.0 Å². The number of nitrogens with zero attached hydrogens (tertiary/aromatic N) is 4. The molecule has 1 unspecified atom stereocenters. The fourth-order valence-corrected chi connectivity index (χ4v) is 4.99. The Balaban J connectivity index is 1.62. The van der Waals surface area contributed by atoms with E-state index in [9.17, 15) is 4.21 Å². The molecule has 0 radical (unpaired) electrons. The number of fused-ring (bicyclic) bond motifs is 1. The molecule has 1 saturated carbocycles. The quantitative estimate of drug-likeness (QED) is 0.429. The minimum absolute atomic E-state index is 0.553. The van der Waals surface area contributed by atoms with Crippen LogP contribution < -0.4 is 5.32 Å². The lowest BCUT2D eigenvalue weighted by Crippen LogP contribution is -2.33. The van der Waals surface area contributed by atoms with Crippen LogP contribution in [0.15, 0.2) is 30.6 Å². The van der Waals surface area contributed by atoms with Crippen LogP contribution in [0.2, 0.25) is 10.0 Å². The smallest absolute Gasteiger partial charge is 0.156 e. The fourth-order valence-electron chi connectivity index (χ4n) is 3.70. The summed E-state index contributed by atoms with van der Waals surface area (Å²) in [5.41, 5.74) is 4.61. The number of imidazole rings is 1. The topological polar surface area (TPSA) is 62.5 Å². The Kier molecular flexibility index (Phi) is 7.29. The van der Waals surface area contributed by atoms with E-state index in [-0.39, 0.29) is 0 Å². The van der Waals surface area contributed by atoms with Crippen molar-refractivity contribution in [2.24, 2.45) is 0 Å². The molecule has 0 amide bonds. The molecule has 0 spiro atoms. The number of nitrogens with one attached hydrogen (secondary N) is 1. The van der Waals surface area contributed by atoms with E-state index < -0.39 is 11.0 Å². The van der Waals surface area contributed by atoms with E-state index in [2.05, 4.69) is 27.8 Å². The lowest BCUT2D eigenvalue weighted by Gasteiger charge is -2.18. The summed E-state index contributed by atoms with van der Waals surface area (Å²) in [5.74, 6) is 0.553. The van der Waals surface area contributed by atoms with Crippen LogP contribution in [0.3, 0.4) is 0 Å². The molecule has 1 aliphatic carbocycles. The zero-order chi connectivity index (χ0) is 22.0. The highest BCUT2D eigenvalue weighted by molar-refractivity contribution is 7.81. The average molecular weight is 480 g/mol. The monoisotopic (exact) mass is 479 g/mol. The molecule has 1 N–H and O–H groups in total. The summed E-state index contributed by atoms with van der Waals surface area (Å²) >= 11 is 12.6. The van der Waals surface area contributed by atoms with Crippen LogP contribution in [-0.2, 0) is 17.5 Å². The van der Waals surface area contributed by atoms with Crippen LogP contribution in [-0.4, -0.2) is 48.8 Å². The summed E-state index contributed by atoms with van der Waals surface area (Å²) in [4.78, 5) is 9.45. The minimum Gasteiger partial charge on any atom is -0.310 e. The summed E-state index contributed by atoms with van der Waals surface area (Å²) < 4.78 is 16.0. The van der Waals surface area contributed by atoms with Gasteiger partial charge in [-0.1, -0.05) is 30.1 Å². The molecule has 0 bridgehead atoms. The van der Waals surface area contributed by atoms with E-state index in [1.165, 1.54) is 12.8 Å². The predicted octanol–water partition coefficient (Wildman–Crippen LogP) is 4.68. The van der Waals surface area contributed by atoms with E-state index in [0.29, 0.717) is 22.5 Å². The largest absolute Gasteiger partial charge is 0.310 e. The molecule has 1 fully saturated rings. The SMILES string of the molecule is CCCN(CCNCc1c(-c2ccc(Cl)cc2Cl)nc2cnc(C3CC3)cn12)S(C)=O. The van der Waals surface area contributed by atoms with Gasteiger partial charge in [0.05, 0.1) is 39.3 Å². The van der Waals surface area contributed by atoms with E-state index in [0.717, 1.165) is 54.3 Å². The third kappa shape index (κ3) is 5.29.